The molecule has 5 heteroatoms. The molecule has 1 fully saturated rings. The maximum Gasteiger partial charge on any atom is 0.144 e. The molecule has 0 bridgehead atoms. The lowest BCUT2D eigenvalue weighted by Crippen LogP contribution is -2.09. The standard InChI is InChI=1S/C11H16BrN3S/c1-7-9(12)11(13-2)15-10(14-7)8-5-3-4-6-16-8/h8H,3-6H2,1-2H3,(H,13,14,15). The van der Waals surface area contributed by atoms with Crippen LogP contribution in [0.1, 0.15) is 36.0 Å². The molecule has 1 aromatic rings. The molecule has 1 unspecified atom stereocenters. The first-order chi connectivity index (χ1) is 7.72. The third-order valence-corrected chi connectivity index (χ3v) is 5.06. The molecule has 16 heavy (non-hydrogen) atoms. The van der Waals surface area contributed by atoms with Crippen LogP contribution in [0.2, 0.25) is 0 Å². The van der Waals surface area contributed by atoms with E-state index in [1.54, 1.807) is 0 Å². The topological polar surface area (TPSA) is 37.8 Å². The Balaban J connectivity index is 2.29. The van der Waals surface area contributed by atoms with Crippen molar-refractivity contribution in [1.29, 1.82) is 0 Å². The van der Waals surface area contributed by atoms with Gasteiger partial charge < -0.3 is 5.32 Å². The van der Waals surface area contributed by atoms with Crippen LogP contribution in [0.5, 0.6) is 0 Å². The first-order valence-electron chi connectivity index (χ1n) is 5.55. The van der Waals surface area contributed by atoms with E-state index in [-0.39, 0.29) is 0 Å². The fourth-order valence-corrected chi connectivity index (χ4v) is 3.45. The van der Waals surface area contributed by atoms with Crippen molar-refractivity contribution >= 4 is 33.5 Å². The van der Waals surface area contributed by atoms with Crippen LogP contribution in [0.25, 0.3) is 0 Å². The second-order valence-electron chi connectivity index (χ2n) is 3.94. The van der Waals surface area contributed by atoms with E-state index in [9.17, 15) is 0 Å². The van der Waals surface area contributed by atoms with Crippen LogP contribution in [0.4, 0.5) is 5.82 Å². The highest BCUT2D eigenvalue weighted by Crippen LogP contribution is 2.37. The van der Waals surface area contributed by atoms with E-state index in [4.69, 9.17) is 0 Å². The lowest BCUT2D eigenvalue weighted by atomic mass is 10.2. The summed E-state index contributed by atoms with van der Waals surface area (Å²) in [6.45, 7) is 2.02. The molecule has 0 radical (unpaired) electrons. The normalized spacial score (nSPS) is 20.8. The zero-order valence-corrected chi connectivity index (χ0v) is 12.0. The van der Waals surface area contributed by atoms with Crippen LogP contribution >= 0.6 is 27.7 Å². The average Bonchev–Trinajstić information content (AvgIpc) is 2.33. The predicted molar refractivity (Wildman–Crippen MR) is 73.1 cm³/mol. The van der Waals surface area contributed by atoms with Crippen molar-refractivity contribution in [1.82, 2.24) is 9.97 Å². The maximum absolute atomic E-state index is 4.59. The third kappa shape index (κ3) is 2.51. The largest absolute Gasteiger partial charge is 0.372 e. The number of aryl methyl sites for hydroxylation is 1. The number of nitrogens with one attached hydrogen (secondary N) is 1. The van der Waals surface area contributed by atoms with E-state index < -0.39 is 0 Å². The van der Waals surface area contributed by atoms with Gasteiger partial charge in [0.2, 0.25) is 0 Å². The van der Waals surface area contributed by atoms with Crippen molar-refractivity contribution < 1.29 is 0 Å². The number of nitrogens with zero attached hydrogens (tertiary/aromatic N) is 2. The molecule has 0 spiro atoms. The fraction of sp³-hybridized carbons (Fsp3) is 0.636. The van der Waals surface area contributed by atoms with Gasteiger partial charge in [0.1, 0.15) is 11.6 Å². The minimum Gasteiger partial charge on any atom is -0.372 e. The summed E-state index contributed by atoms with van der Waals surface area (Å²) in [5, 5.41) is 3.59. The highest BCUT2D eigenvalue weighted by atomic mass is 79.9. The van der Waals surface area contributed by atoms with E-state index in [2.05, 4.69) is 31.2 Å². The fourth-order valence-electron chi connectivity index (χ4n) is 1.83. The number of halogens is 1. The minimum atomic E-state index is 0.479. The molecule has 1 aliphatic rings. The van der Waals surface area contributed by atoms with Crippen molar-refractivity contribution in [3.63, 3.8) is 0 Å². The molecule has 2 rings (SSSR count). The number of rotatable bonds is 2. The van der Waals surface area contributed by atoms with Gasteiger partial charge in [-0.2, -0.15) is 11.8 Å². The van der Waals surface area contributed by atoms with Crippen molar-refractivity contribution in [2.75, 3.05) is 18.1 Å². The van der Waals surface area contributed by atoms with Gasteiger partial charge >= 0.3 is 0 Å². The molecule has 0 aromatic carbocycles. The van der Waals surface area contributed by atoms with Gasteiger partial charge in [-0.25, -0.2) is 9.97 Å². The zero-order valence-electron chi connectivity index (χ0n) is 9.59. The van der Waals surface area contributed by atoms with Crippen LogP contribution in [-0.4, -0.2) is 22.8 Å². The first kappa shape index (κ1) is 12.2. The number of hydrogen-bond acceptors (Lipinski definition) is 4. The van der Waals surface area contributed by atoms with E-state index in [1.807, 2.05) is 25.7 Å². The molecule has 1 N–H and O–H groups in total. The Bertz CT molecular complexity index is 378. The van der Waals surface area contributed by atoms with Gasteiger partial charge in [0.25, 0.3) is 0 Å². The minimum absolute atomic E-state index is 0.479. The Labute approximate surface area is 109 Å². The number of hydrogen-bond donors (Lipinski definition) is 1. The molecular weight excluding hydrogens is 286 g/mol. The van der Waals surface area contributed by atoms with Gasteiger partial charge in [-0.1, -0.05) is 6.42 Å². The molecule has 3 nitrogen and oxygen atoms in total. The van der Waals surface area contributed by atoms with Crippen molar-refractivity contribution in [2.24, 2.45) is 0 Å². The smallest absolute Gasteiger partial charge is 0.144 e. The Morgan fingerprint density at radius 3 is 2.81 bits per heavy atom. The van der Waals surface area contributed by atoms with Gasteiger partial charge in [0.15, 0.2) is 0 Å². The van der Waals surface area contributed by atoms with Crippen molar-refractivity contribution in [3.8, 4) is 0 Å². The van der Waals surface area contributed by atoms with Gasteiger partial charge in [0, 0.05) is 7.05 Å². The highest BCUT2D eigenvalue weighted by molar-refractivity contribution is 9.10. The molecule has 2 heterocycles. The summed E-state index contributed by atoms with van der Waals surface area (Å²) in [4.78, 5) is 9.17. The summed E-state index contributed by atoms with van der Waals surface area (Å²) in [5.41, 5.74) is 1.01. The summed E-state index contributed by atoms with van der Waals surface area (Å²) >= 11 is 5.49. The van der Waals surface area contributed by atoms with E-state index >= 15 is 0 Å². The molecule has 1 aromatic heterocycles. The summed E-state index contributed by atoms with van der Waals surface area (Å²) in [6, 6.07) is 0. The Kier molecular flexibility index (Phi) is 4.08. The lowest BCUT2D eigenvalue weighted by Gasteiger charge is -2.21. The Morgan fingerprint density at radius 2 is 2.19 bits per heavy atom. The Morgan fingerprint density at radius 1 is 1.38 bits per heavy atom. The predicted octanol–water partition coefficient (Wildman–Crippen LogP) is 3.55. The van der Waals surface area contributed by atoms with Gasteiger partial charge in [0.05, 0.1) is 15.4 Å². The summed E-state index contributed by atoms with van der Waals surface area (Å²) in [5.74, 6) is 3.11. The number of aromatic nitrogens is 2. The van der Waals surface area contributed by atoms with Crippen molar-refractivity contribution in [2.45, 2.75) is 31.4 Å². The quantitative estimate of drug-likeness (QED) is 0.906. The molecule has 1 aliphatic heterocycles. The van der Waals surface area contributed by atoms with Crippen LogP contribution in [0, 0.1) is 6.92 Å². The molecule has 1 atom stereocenters. The molecule has 0 aliphatic carbocycles. The lowest BCUT2D eigenvalue weighted by molar-refractivity contribution is 0.660. The van der Waals surface area contributed by atoms with Crippen LogP contribution in [-0.2, 0) is 0 Å². The maximum atomic E-state index is 4.59. The monoisotopic (exact) mass is 301 g/mol. The second-order valence-corrected chi connectivity index (χ2v) is 6.04. The van der Waals surface area contributed by atoms with Crippen LogP contribution in [0.15, 0.2) is 4.47 Å². The van der Waals surface area contributed by atoms with Gasteiger partial charge in [-0.15, -0.1) is 0 Å². The number of thioether (sulfide) groups is 1. The third-order valence-electron chi connectivity index (χ3n) is 2.74. The summed E-state index contributed by atoms with van der Waals surface area (Å²) in [6.07, 6.45) is 3.83. The molecular formula is C11H16BrN3S. The molecule has 0 saturated carbocycles. The van der Waals surface area contributed by atoms with Gasteiger partial charge in [-0.3, -0.25) is 0 Å². The van der Waals surface area contributed by atoms with Gasteiger partial charge in [-0.05, 0) is 41.4 Å². The van der Waals surface area contributed by atoms with E-state index in [1.165, 1.54) is 25.0 Å². The summed E-state index contributed by atoms with van der Waals surface area (Å²) in [7, 11) is 1.89. The Hall–Kier alpha value is -0.290. The van der Waals surface area contributed by atoms with Crippen molar-refractivity contribution in [3.05, 3.63) is 16.0 Å². The van der Waals surface area contributed by atoms with E-state index in [0.29, 0.717) is 5.25 Å². The summed E-state index contributed by atoms with van der Waals surface area (Å²) < 4.78 is 0.972. The highest BCUT2D eigenvalue weighted by Gasteiger charge is 2.20. The second kappa shape index (κ2) is 5.36. The zero-order chi connectivity index (χ0) is 11.5. The van der Waals surface area contributed by atoms with Crippen LogP contribution in [0.3, 0.4) is 0 Å². The average molecular weight is 302 g/mol. The SMILES string of the molecule is CNc1nc(C2CCCCS2)nc(C)c1Br. The first-order valence-corrected chi connectivity index (χ1v) is 7.40. The van der Waals surface area contributed by atoms with E-state index in [0.717, 1.165) is 21.8 Å². The molecule has 88 valence electrons. The molecule has 0 amide bonds. The van der Waals surface area contributed by atoms with Crippen LogP contribution < -0.4 is 5.32 Å². The number of anilines is 1. The molecule has 1 saturated heterocycles.